The summed E-state index contributed by atoms with van der Waals surface area (Å²) in [6, 6.07) is 14.1. The monoisotopic (exact) mass is 391 g/mol. The summed E-state index contributed by atoms with van der Waals surface area (Å²) in [5, 5.41) is 3.04. The van der Waals surface area contributed by atoms with Crippen LogP contribution in [0.1, 0.15) is 37.8 Å². The van der Waals surface area contributed by atoms with Gasteiger partial charge in [-0.15, -0.1) is 0 Å². The van der Waals surface area contributed by atoms with Crippen molar-refractivity contribution in [3.8, 4) is 0 Å². The molecule has 1 saturated carbocycles. The van der Waals surface area contributed by atoms with E-state index in [1.807, 2.05) is 37.3 Å². The molecule has 0 radical (unpaired) electrons. The second-order valence-corrected chi connectivity index (χ2v) is 8.04. The van der Waals surface area contributed by atoms with Crippen molar-refractivity contribution in [3.63, 3.8) is 0 Å². The number of para-hydroxylation sites is 1. The maximum atomic E-state index is 13.3. The van der Waals surface area contributed by atoms with Gasteiger partial charge in [-0.1, -0.05) is 18.2 Å². The van der Waals surface area contributed by atoms with Gasteiger partial charge < -0.3 is 15.1 Å². The van der Waals surface area contributed by atoms with Gasteiger partial charge in [-0.05, 0) is 75.4 Å². The Morgan fingerprint density at radius 1 is 1.10 bits per heavy atom. The molecule has 0 spiro atoms. The van der Waals surface area contributed by atoms with Crippen LogP contribution in [-0.4, -0.2) is 31.4 Å². The van der Waals surface area contributed by atoms with Crippen molar-refractivity contribution in [2.24, 2.45) is 5.41 Å². The Balaban J connectivity index is 1.51. The van der Waals surface area contributed by atoms with Gasteiger partial charge in [0.2, 0.25) is 11.8 Å². The minimum atomic E-state index is -0.915. The fourth-order valence-corrected chi connectivity index (χ4v) is 4.29. The topological polar surface area (TPSA) is 52.7 Å². The van der Waals surface area contributed by atoms with Crippen LogP contribution >= 0.6 is 0 Å². The van der Waals surface area contributed by atoms with Gasteiger partial charge in [0.25, 0.3) is 0 Å². The third-order valence-electron chi connectivity index (χ3n) is 6.31. The number of aryl methyl sites for hydroxylation is 1. The molecule has 0 aromatic heterocycles. The Labute approximate surface area is 172 Å². The van der Waals surface area contributed by atoms with Crippen LogP contribution in [0.3, 0.4) is 0 Å². The number of carbonyl (C=O) groups excluding carboxylic acids is 2. The molecular weight excluding hydrogens is 362 g/mol. The lowest BCUT2D eigenvalue weighted by atomic mass is 10.0. The molecule has 5 nitrogen and oxygen atoms in total. The molecule has 2 aromatic carbocycles. The molecule has 2 amide bonds. The molecule has 1 aliphatic heterocycles. The Hall–Kier alpha value is -2.82. The highest BCUT2D eigenvalue weighted by Crippen LogP contribution is 2.49. The Morgan fingerprint density at radius 2 is 1.83 bits per heavy atom. The number of fused-ring (bicyclic) bond motifs is 1. The molecule has 2 aromatic rings. The lowest BCUT2D eigenvalue weighted by Gasteiger charge is -2.24. The fraction of sp³-hybridized carbons (Fsp3) is 0.417. The Bertz CT molecular complexity index is 945. The van der Waals surface area contributed by atoms with Crippen molar-refractivity contribution >= 4 is 28.9 Å². The van der Waals surface area contributed by atoms with Gasteiger partial charge in [0.1, 0.15) is 5.41 Å². The number of hydrogen-bond donors (Lipinski definition) is 1. The zero-order valence-electron chi connectivity index (χ0n) is 17.5. The molecule has 1 fully saturated rings. The molecule has 29 heavy (non-hydrogen) atoms. The van der Waals surface area contributed by atoms with E-state index in [1.165, 1.54) is 5.56 Å². The highest BCUT2D eigenvalue weighted by Gasteiger charge is 2.58. The summed E-state index contributed by atoms with van der Waals surface area (Å²) in [6.45, 7) is 8.81. The number of carbonyl (C=O) groups is 2. The van der Waals surface area contributed by atoms with Crippen LogP contribution < -0.4 is 15.1 Å². The average Bonchev–Trinajstić information content (AvgIpc) is 3.44. The summed E-state index contributed by atoms with van der Waals surface area (Å²) in [7, 11) is 0. The first-order valence-corrected chi connectivity index (χ1v) is 10.6. The van der Waals surface area contributed by atoms with Gasteiger partial charge in [0.05, 0.1) is 0 Å². The first kappa shape index (κ1) is 19.5. The number of benzene rings is 2. The van der Waals surface area contributed by atoms with Crippen molar-refractivity contribution in [1.82, 2.24) is 0 Å². The molecule has 4 rings (SSSR count). The number of nitrogens with one attached hydrogen (secondary N) is 1. The molecule has 152 valence electrons. The molecule has 1 aliphatic carbocycles. The predicted molar refractivity (Wildman–Crippen MR) is 118 cm³/mol. The van der Waals surface area contributed by atoms with Crippen LogP contribution in [0.4, 0.5) is 17.1 Å². The van der Waals surface area contributed by atoms with Gasteiger partial charge in [0.15, 0.2) is 0 Å². The van der Waals surface area contributed by atoms with E-state index in [2.05, 4.69) is 36.2 Å². The van der Waals surface area contributed by atoms with E-state index in [0.29, 0.717) is 19.4 Å². The van der Waals surface area contributed by atoms with Gasteiger partial charge in [-0.2, -0.15) is 0 Å². The zero-order chi connectivity index (χ0) is 20.6. The normalized spacial score (nSPS) is 16.3. The number of anilines is 3. The molecule has 5 heteroatoms. The highest BCUT2D eigenvalue weighted by molar-refractivity contribution is 6.18. The quantitative estimate of drug-likeness (QED) is 0.753. The number of nitrogens with zero attached hydrogens (tertiary/aromatic N) is 2. The third-order valence-corrected chi connectivity index (χ3v) is 6.31. The lowest BCUT2D eigenvalue weighted by Crippen LogP contribution is -2.42. The first-order valence-electron chi connectivity index (χ1n) is 10.6. The molecular formula is C24H29N3O2. The van der Waals surface area contributed by atoms with Crippen LogP contribution in [0, 0.1) is 12.3 Å². The smallest absolute Gasteiger partial charge is 0.242 e. The second kappa shape index (κ2) is 7.54. The number of rotatable bonds is 6. The van der Waals surface area contributed by atoms with E-state index in [4.69, 9.17) is 0 Å². The molecule has 0 unspecified atom stereocenters. The van der Waals surface area contributed by atoms with Crippen LogP contribution in [0.15, 0.2) is 42.5 Å². The summed E-state index contributed by atoms with van der Waals surface area (Å²) in [4.78, 5) is 30.5. The van der Waals surface area contributed by atoms with Crippen molar-refractivity contribution in [2.75, 3.05) is 34.8 Å². The van der Waals surface area contributed by atoms with Gasteiger partial charge in [-0.3, -0.25) is 9.59 Å². The SMILES string of the molecule is CCN(CC)c1ccc(NC(=O)C2(C(=O)N3CCc4ccccc43)CC2)c(C)c1. The van der Waals surface area contributed by atoms with Crippen molar-refractivity contribution in [1.29, 1.82) is 0 Å². The van der Waals surface area contributed by atoms with Gasteiger partial charge in [-0.25, -0.2) is 0 Å². The summed E-state index contributed by atoms with van der Waals surface area (Å²) in [5.41, 5.74) is 4.17. The highest BCUT2D eigenvalue weighted by atomic mass is 16.2. The van der Waals surface area contributed by atoms with Gasteiger partial charge in [0, 0.05) is 36.7 Å². The van der Waals surface area contributed by atoms with E-state index in [9.17, 15) is 9.59 Å². The van der Waals surface area contributed by atoms with Crippen molar-refractivity contribution in [3.05, 3.63) is 53.6 Å². The predicted octanol–water partition coefficient (Wildman–Crippen LogP) is 4.15. The van der Waals surface area contributed by atoms with E-state index >= 15 is 0 Å². The van der Waals surface area contributed by atoms with E-state index in [1.54, 1.807) is 4.90 Å². The Morgan fingerprint density at radius 3 is 2.48 bits per heavy atom. The minimum absolute atomic E-state index is 0.0580. The summed E-state index contributed by atoms with van der Waals surface area (Å²) < 4.78 is 0. The zero-order valence-corrected chi connectivity index (χ0v) is 17.5. The fourth-order valence-electron chi connectivity index (χ4n) is 4.29. The van der Waals surface area contributed by atoms with Crippen LogP contribution in [0.2, 0.25) is 0 Å². The lowest BCUT2D eigenvalue weighted by molar-refractivity contribution is -0.132. The number of hydrogen-bond acceptors (Lipinski definition) is 3. The number of amides is 2. The van der Waals surface area contributed by atoms with Crippen molar-refractivity contribution in [2.45, 2.75) is 40.0 Å². The Kier molecular flexibility index (Phi) is 5.07. The average molecular weight is 392 g/mol. The summed E-state index contributed by atoms with van der Waals surface area (Å²) in [6.07, 6.45) is 2.09. The maximum absolute atomic E-state index is 13.3. The molecule has 0 saturated heterocycles. The molecule has 0 bridgehead atoms. The largest absolute Gasteiger partial charge is 0.372 e. The van der Waals surface area contributed by atoms with Crippen molar-refractivity contribution < 1.29 is 9.59 Å². The second-order valence-electron chi connectivity index (χ2n) is 8.04. The summed E-state index contributed by atoms with van der Waals surface area (Å²) in [5.74, 6) is -0.233. The third kappa shape index (κ3) is 3.39. The molecule has 1 heterocycles. The molecule has 2 aliphatic rings. The van der Waals surface area contributed by atoms with E-state index in [-0.39, 0.29) is 11.8 Å². The first-order chi connectivity index (χ1) is 14.0. The maximum Gasteiger partial charge on any atom is 0.242 e. The summed E-state index contributed by atoms with van der Waals surface area (Å²) >= 11 is 0. The van der Waals surface area contributed by atoms with Gasteiger partial charge >= 0.3 is 0 Å². The van der Waals surface area contributed by atoms with E-state index < -0.39 is 5.41 Å². The van der Waals surface area contributed by atoms with E-state index in [0.717, 1.165) is 42.1 Å². The molecule has 1 N–H and O–H groups in total. The van der Waals surface area contributed by atoms with Crippen LogP contribution in [0.25, 0.3) is 0 Å². The molecule has 0 atom stereocenters. The standard InChI is InChI=1S/C24H29N3O2/c1-4-26(5-2)19-10-11-20(17(3)16-19)25-22(28)24(13-14-24)23(29)27-15-12-18-8-6-7-9-21(18)27/h6-11,16H,4-5,12-15H2,1-3H3,(H,25,28). The van der Waals surface area contributed by atoms with Crippen LogP contribution in [0.5, 0.6) is 0 Å². The van der Waals surface area contributed by atoms with Crippen LogP contribution in [-0.2, 0) is 16.0 Å². The minimum Gasteiger partial charge on any atom is -0.372 e.